The van der Waals surface area contributed by atoms with Crippen LogP contribution in [0.5, 0.6) is 0 Å². The number of hydrogen-bond acceptors (Lipinski definition) is 3. The highest BCUT2D eigenvalue weighted by Crippen LogP contribution is 2.22. The molecule has 1 aliphatic rings. The lowest BCUT2D eigenvalue weighted by Crippen LogP contribution is -2.35. The van der Waals surface area contributed by atoms with Gasteiger partial charge in [0.2, 0.25) is 5.91 Å². The van der Waals surface area contributed by atoms with E-state index in [0.29, 0.717) is 13.2 Å². The highest BCUT2D eigenvalue weighted by Gasteiger charge is 2.31. The minimum absolute atomic E-state index is 0.000967. The number of ether oxygens (including phenoxy) is 1. The van der Waals surface area contributed by atoms with Gasteiger partial charge in [-0.1, -0.05) is 24.0 Å². The van der Waals surface area contributed by atoms with Gasteiger partial charge >= 0.3 is 0 Å². The summed E-state index contributed by atoms with van der Waals surface area (Å²) in [7, 11) is 0. The Morgan fingerprint density at radius 1 is 1.57 bits per heavy atom. The summed E-state index contributed by atoms with van der Waals surface area (Å²) in [6.45, 7) is 4.94. The molecular formula is C17H22N2O2. The van der Waals surface area contributed by atoms with Crippen molar-refractivity contribution in [3.05, 3.63) is 35.4 Å². The van der Waals surface area contributed by atoms with E-state index in [1.807, 2.05) is 38.1 Å². The summed E-state index contributed by atoms with van der Waals surface area (Å²) in [6, 6.07) is 7.81. The van der Waals surface area contributed by atoms with E-state index < -0.39 is 0 Å². The average molecular weight is 286 g/mol. The lowest BCUT2D eigenvalue weighted by atomic mass is 10.00. The highest BCUT2D eigenvalue weighted by atomic mass is 16.5. The zero-order valence-corrected chi connectivity index (χ0v) is 12.6. The standard InChI is InChI=1S/C17H22N2O2/c1-12(19-17(20)16-8-10-21-13(16)2)15-7-3-5-14(11-15)6-4-9-18/h3,5,7,11-13,16H,8-10,18H2,1-2H3,(H,19,20). The molecule has 2 rings (SSSR count). The third-order valence-electron chi connectivity index (χ3n) is 3.79. The van der Waals surface area contributed by atoms with Crippen LogP contribution in [0.25, 0.3) is 0 Å². The fourth-order valence-electron chi connectivity index (χ4n) is 2.52. The van der Waals surface area contributed by atoms with Crippen LogP contribution in [0, 0.1) is 17.8 Å². The highest BCUT2D eigenvalue weighted by molar-refractivity contribution is 5.79. The zero-order chi connectivity index (χ0) is 15.2. The molecule has 3 atom stereocenters. The summed E-state index contributed by atoms with van der Waals surface area (Å²) in [5, 5.41) is 3.06. The molecule has 3 N–H and O–H groups in total. The average Bonchev–Trinajstić information content (AvgIpc) is 2.91. The topological polar surface area (TPSA) is 64.3 Å². The number of hydrogen-bond donors (Lipinski definition) is 2. The van der Waals surface area contributed by atoms with Gasteiger partial charge in [0.15, 0.2) is 0 Å². The van der Waals surface area contributed by atoms with Gasteiger partial charge in [-0.15, -0.1) is 0 Å². The van der Waals surface area contributed by atoms with Crippen molar-refractivity contribution in [2.45, 2.75) is 32.4 Å². The molecule has 4 nitrogen and oxygen atoms in total. The fourth-order valence-corrected chi connectivity index (χ4v) is 2.52. The van der Waals surface area contributed by atoms with Crippen LogP contribution >= 0.6 is 0 Å². The monoisotopic (exact) mass is 286 g/mol. The van der Waals surface area contributed by atoms with Crippen molar-refractivity contribution in [3.8, 4) is 11.8 Å². The van der Waals surface area contributed by atoms with E-state index in [1.54, 1.807) is 0 Å². The Bertz CT molecular complexity index is 559. The molecule has 1 heterocycles. The second kappa shape index (κ2) is 7.26. The summed E-state index contributed by atoms with van der Waals surface area (Å²) in [5.41, 5.74) is 7.33. The van der Waals surface area contributed by atoms with Gasteiger partial charge in [0.25, 0.3) is 0 Å². The number of benzene rings is 1. The molecule has 21 heavy (non-hydrogen) atoms. The lowest BCUT2D eigenvalue weighted by molar-refractivity contribution is -0.127. The third-order valence-corrected chi connectivity index (χ3v) is 3.79. The van der Waals surface area contributed by atoms with Gasteiger partial charge in [0.05, 0.1) is 24.6 Å². The molecule has 112 valence electrons. The minimum atomic E-state index is -0.0510. The molecular weight excluding hydrogens is 264 g/mol. The van der Waals surface area contributed by atoms with Crippen LogP contribution in [0.3, 0.4) is 0 Å². The first kappa shape index (κ1) is 15.6. The van der Waals surface area contributed by atoms with Crippen LogP contribution < -0.4 is 11.1 Å². The van der Waals surface area contributed by atoms with Crippen molar-refractivity contribution >= 4 is 5.91 Å². The van der Waals surface area contributed by atoms with Gasteiger partial charge < -0.3 is 15.8 Å². The van der Waals surface area contributed by atoms with Crippen LogP contribution in [0.4, 0.5) is 0 Å². The molecule has 0 bridgehead atoms. The van der Waals surface area contributed by atoms with Crippen molar-refractivity contribution < 1.29 is 9.53 Å². The first-order valence-corrected chi connectivity index (χ1v) is 7.32. The van der Waals surface area contributed by atoms with Gasteiger partial charge in [-0.3, -0.25) is 4.79 Å². The Balaban J connectivity index is 2.02. The van der Waals surface area contributed by atoms with E-state index in [2.05, 4.69) is 17.2 Å². The van der Waals surface area contributed by atoms with Crippen LogP contribution in [-0.2, 0) is 9.53 Å². The van der Waals surface area contributed by atoms with Crippen LogP contribution in [0.1, 0.15) is 37.4 Å². The maximum Gasteiger partial charge on any atom is 0.226 e. The molecule has 1 saturated heterocycles. The largest absolute Gasteiger partial charge is 0.378 e. The van der Waals surface area contributed by atoms with Crippen molar-refractivity contribution in [2.24, 2.45) is 11.7 Å². The molecule has 1 aliphatic heterocycles. The zero-order valence-electron chi connectivity index (χ0n) is 12.6. The molecule has 0 radical (unpaired) electrons. The molecule has 1 aromatic rings. The molecule has 0 spiro atoms. The Morgan fingerprint density at radius 3 is 3.05 bits per heavy atom. The van der Waals surface area contributed by atoms with Gasteiger partial charge in [-0.25, -0.2) is 0 Å². The number of rotatable bonds is 3. The number of amides is 1. The van der Waals surface area contributed by atoms with E-state index >= 15 is 0 Å². The summed E-state index contributed by atoms with van der Waals surface area (Å²) in [6.07, 6.45) is 0.792. The maximum absolute atomic E-state index is 12.3. The van der Waals surface area contributed by atoms with Crippen LogP contribution in [0.2, 0.25) is 0 Å². The Hall–Kier alpha value is -1.83. The molecule has 0 aliphatic carbocycles. The number of carbonyl (C=O) groups excluding carboxylic acids is 1. The smallest absolute Gasteiger partial charge is 0.226 e. The molecule has 1 fully saturated rings. The molecule has 0 saturated carbocycles. The first-order valence-electron chi connectivity index (χ1n) is 7.32. The summed E-state index contributed by atoms with van der Waals surface area (Å²) in [5.74, 6) is 5.86. The maximum atomic E-state index is 12.3. The third kappa shape index (κ3) is 4.07. The van der Waals surface area contributed by atoms with Gasteiger partial charge in [-0.2, -0.15) is 0 Å². The van der Waals surface area contributed by atoms with Gasteiger partial charge in [0, 0.05) is 12.2 Å². The van der Waals surface area contributed by atoms with Crippen molar-refractivity contribution in [1.29, 1.82) is 0 Å². The predicted molar refractivity (Wildman–Crippen MR) is 82.5 cm³/mol. The minimum Gasteiger partial charge on any atom is -0.378 e. The summed E-state index contributed by atoms with van der Waals surface area (Å²) in [4.78, 5) is 12.3. The molecule has 3 unspecified atom stereocenters. The fraction of sp³-hybridized carbons (Fsp3) is 0.471. The van der Waals surface area contributed by atoms with Crippen molar-refractivity contribution in [1.82, 2.24) is 5.32 Å². The quantitative estimate of drug-likeness (QED) is 0.830. The number of nitrogens with one attached hydrogen (secondary N) is 1. The van der Waals surface area contributed by atoms with E-state index in [0.717, 1.165) is 17.5 Å². The van der Waals surface area contributed by atoms with Crippen LogP contribution in [-0.4, -0.2) is 25.2 Å². The first-order chi connectivity index (χ1) is 10.1. The van der Waals surface area contributed by atoms with Crippen LogP contribution in [0.15, 0.2) is 24.3 Å². The number of carbonyl (C=O) groups is 1. The second-order valence-electron chi connectivity index (χ2n) is 5.33. The number of nitrogens with two attached hydrogens (primary N) is 1. The Morgan fingerprint density at radius 2 is 2.38 bits per heavy atom. The van der Waals surface area contributed by atoms with E-state index in [4.69, 9.17) is 10.5 Å². The van der Waals surface area contributed by atoms with E-state index in [-0.39, 0.29) is 24.0 Å². The second-order valence-corrected chi connectivity index (χ2v) is 5.33. The lowest BCUT2D eigenvalue weighted by Gasteiger charge is -2.19. The molecule has 1 amide bonds. The normalized spacial score (nSPS) is 22.2. The SMILES string of the molecule is CC(NC(=O)C1CCOC1C)c1cccc(C#CCN)c1. The van der Waals surface area contributed by atoms with Gasteiger partial charge in [-0.05, 0) is 38.0 Å². The van der Waals surface area contributed by atoms with Gasteiger partial charge in [0.1, 0.15) is 0 Å². The van der Waals surface area contributed by atoms with Crippen molar-refractivity contribution in [2.75, 3.05) is 13.2 Å². The Kier molecular flexibility index (Phi) is 5.38. The van der Waals surface area contributed by atoms with E-state index in [1.165, 1.54) is 0 Å². The molecule has 1 aromatic carbocycles. The van der Waals surface area contributed by atoms with E-state index in [9.17, 15) is 4.79 Å². The molecule has 0 aromatic heterocycles. The van der Waals surface area contributed by atoms with Crippen molar-refractivity contribution in [3.63, 3.8) is 0 Å². The summed E-state index contributed by atoms with van der Waals surface area (Å²) >= 11 is 0. The predicted octanol–water partition coefficient (Wildman–Crippen LogP) is 1.60. The summed E-state index contributed by atoms with van der Waals surface area (Å²) < 4.78 is 5.45. The Labute approximate surface area is 126 Å². The molecule has 4 heteroatoms.